The summed E-state index contributed by atoms with van der Waals surface area (Å²) >= 11 is 1.42. The van der Waals surface area contributed by atoms with Crippen molar-refractivity contribution in [2.45, 2.75) is 0 Å². The van der Waals surface area contributed by atoms with Crippen LogP contribution in [0.2, 0.25) is 0 Å². The third-order valence-electron chi connectivity index (χ3n) is 3.07. The number of ether oxygens (including phenoxy) is 1. The molecule has 3 nitrogen and oxygen atoms in total. The van der Waals surface area contributed by atoms with Crippen molar-refractivity contribution >= 4 is 11.3 Å². The molecule has 0 unspecified atom stereocenters. The first-order valence-corrected chi connectivity index (χ1v) is 7.15. The van der Waals surface area contributed by atoms with Crippen LogP contribution >= 0.6 is 11.3 Å². The second kappa shape index (κ2) is 5.54. The Morgan fingerprint density at radius 3 is 2.62 bits per heavy atom. The van der Waals surface area contributed by atoms with Crippen LogP contribution in [0.5, 0.6) is 11.5 Å². The number of phenols is 1. The van der Waals surface area contributed by atoms with Gasteiger partial charge in [-0.3, -0.25) is 0 Å². The topological polar surface area (TPSA) is 42.4 Å². The summed E-state index contributed by atoms with van der Waals surface area (Å²) in [5, 5.41) is 11.9. The third kappa shape index (κ3) is 2.60. The lowest BCUT2D eigenvalue weighted by Gasteiger charge is -2.06. The molecule has 0 amide bonds. The number of nitrogens with zero attached hydrogens (tertiary/aromatic N) is 1. The summed E-state index contributed by atoms with van der Waals surface area (Å²) in [6, 6.07) is 11.4. The predicted octanol–water partition coefficient (Wildman–Crippen LogP) is 4.33. The molecule has 0 saturated carbocycles. The molecular formula is C16H12FNO2S. The van der Waals surface area contributed by atoms with Crippen molar-refractivity contribution in [3.05, 3.63) is 53.7 Å². The Morgan fingerprint density at radius 1 is 1.14 bits per heavy atom. The number of rotatable bonds is 3. The van der Waals surface area contributed by atoms with Crippen molar-refractivity contribution in [3.8, 4) is 33.3 Å². The summed E-state index contributed by atoms with van der Waals surface area (Å²) < 4.78 is 19.2. The Balaban J connectivity index is 2.05. The molecule has 0 bridgehead atoms. The molecular weight excluding hydrogens is 289 g/mol. The molecule has 0 aliphatic heterocycles. The van der Waals surface area contributed by atoms with Crippen molar-refractivity contribution in [1.29, 1.82) is 0 Å². The molecule has 0 saturated heterocycles. The molecule has 0 atom stereocenters. The lowest BCUT2D eigenvalue weighted by Crippen LogP contribution is -1.91. The number of hydrogen-bond acceptors (Lipinski definition) is 4. The van der Waals surface area contributed by atoms with E-state index in [1.165, 1.54) is 24.5 Å². The van der Waals surface area contributed by atoms with E-state index in [0.717, 1.165) is 10.6 Å². The van der Waals surface area contributed by atoms with E-state index >= 15 is 0 Å². The minimum Gasteiger partial charge on any atom is -0.508 e. The van der Waals surface area contributed by atoms with Crippen LogP contribution in [0, 0.1) is 5.82 Å². The molecule has 1 heterocycles. The van der Waals surface area contributed by atoms with Crippen LogP contribution in [0.1, 0.15) is 0 Å². The van der Waals surface area contributed by atoms with E-state index in [1.807, 2.05) is 0 Å². The van der Waals surface area contributed by atoms with Gasteiger partial charge >= 0.3 is 0 Å². The second-order valence-electron chi connectivity index (χ2n) is 4.40. The van der Waals surface area contributed by atoms with E-state index in [9.17, 15) is 9.50 Å². The number of methoxy groups -OCH3 is 1. The van der Waals surface area contributed by atoms with E-state index in [0.29, 0.717) is 17.0 Å². The van der Waals surface area contributed by atoms with Crippen LogP contribution in [0.15, 0.2) is 47.8 Å². The number of phenolic OH excluding ortho intramolecular Hbond substituents is 1. The summed E-state index contributed by atoms with van der Waals surface area (Å²) in [5.74, 6) is 0.292. The third-order valence-corrected chi connectivity index (χ3v) is 3.96. The molecule has 1 N–H and O–H groups in total. The van der Waals surface area contributed by atoms with Crippen LogP contribution in [-0.2, 0) is 0 Å². The van der Waals surface area contributed by atoms with E-state index in [4.69, 9.17) is 4.74 Å². The van der Waals surface area contributed by atoms with Gasteiger partial charge in [0.25, 0.3) is 0 Å². The Kier molecular flexibility index (Phi) is 3.58. The van der Waals surface area contributed by atoms with Crippen LogP contribution in [0.4, 0.5) is 4.39 Å². The van der Waals surface area contributed by atoms with Gasteiger partial charge < -0.3 is 9.84 Å². The Hall–Kier alpha value is -2.40. The van der Waals surface area contributed by atoms with Crippen LogP contribution in [0.3, 0.4) is 0 Å². The molecule has 0 fully saturated rings. The van der Waals surface area contributed by atoms with E-state index in [2.05, 4.69) is 4.98 Å². The Labute approximate surface area is 125 Å². The zero-order chi connectivity index (χ0) is 14.8. The smallest absolute Gasteiger partial charge is 0.136 e. The normalized spacial score (nSPS) is 10.6. The number of aromatic nitrogens is 1. The molecule has 106 valence electrons. The molecule has 0 spiro atoms. The minimum atomic E-state index is -0.364. The van der Waals surface area contributed by atoms with Crippen molar-refractivity contribution in [1.82, 2.24) is 4.98 Å². The van der Waals surface area contributed by atoms with Crippen LogP contribution in [0.25, 0.3) is 21.8 Å². The Morgan fingerprint density at radius 2 is 1.90 bits per heavy atom. The first-order valence-electron chi connectivity index (χ1n) is 6.27. The standard InChI is InChI=1S/C16H12FNO2S/c1-20-14-4-2-3-12(17)15(14)13-9-21-16(18-13)10-5-7-11(19)8-6-10/h2-9,19H,1H3. The monoisotopic (exact) mass is 301 g/mol. The van der Waals surface area contributed by atoms with Gasteiger partial charge in [-0.2, -0.15) is 0 Å². The highest BCUT2D eigenvalue weighted by molar-refractivity contribution is 7.13. The first kappa shape index (κ1) is 13.6. The number of thiazole rings is 1. The van der Waals surface area contributed by atoms with Crippen molar-refractivity contribution < 1.29 is 14.2 Å². The average Bonchev–Trinajstić information content (AvgIpc) is 2.97. The van der Waals surface area contributed by atoms with Crippen LogP contribution in [-0.4, -0.2) is 17.2 Å². The maximum atomic E-state index is 14.0. The number of hydrogen-bond donors (Lipinski definition) is 1. The van der Waals surface area contributed by atoms with E-state index in [-0.39, 0.29) is 11.6 Å². The molecule has 3 aromatic rings. The maximum Gasteiger partial charge on any atom is 0.136 e. The average molecular weight is 301 g/mol. The van der Waals surface area contributed by atoms with Gasteiger partial charge in [-0.05, 0) is 36.4 Å². The van der Waals surface area contributed by atoms with Crippen molar-refractivity contribution in [2.24, 2.45) is 0 Å². The summed E-state index contributed by atoms with van der Waals surface area (Å²) in [6.45, 7) is 0. The Bertz CT molecular complexity index is 768. The van der Waals surface area contributed by atoms with Gasteiger partial charge in [0.05, 0.1) is 18.4 Å². The lowest BCUT2D eigenvalue weighted by atomic mass is 10.1. The predicted molar refractivity (Wildman–Crippen MR) is 81.2 cm³/mol. The largest absolute Gasteiger partial charge is 0.508 e. The molecule has 0 aliphatic carbocycles. The maximum absolute atomic E-state index is 14.0. The highest BCUT2D eigenvalue weighted by Gasteiger charge is 2.15. The van der Waals surface area contributed by atoms with Crippen molar-refractivity contribution in [3.63, 3.8) is 0 Å². The second-order valence-corrected chi connectivity index (χ2v) is 5.26. The minimum absolute atomic E-state index is 0.200. The lowest BCUT2D eigenvalue weighted by molar-refractivity contribution is 0.413. The zero-order valence-electron chi connectivity index (χ0n) is 11.2. The highest BCUT2D eigenvalue weighted by atomic mass is 32.1. The number of aromatic hydroxyl groups is 1. The van der Waals surface area contributed by atoms with Gasteiger partial charge in [0.1, 0.15) is 22.3 Å². The fourth-order valence-electron chi connectivity index (χ4n) is 2.05. The fourth-order valence-corrected chi connectivity index (χ4v) is 2.87. The molecule has 1 aromatic heterocycles. The summed E-state index contributed by atoms with van der Waals surface area (Å²) in [6.07, 6.45) is 0. The van der Waals surface area contributed by atoms with Gasteiger partial charge in [0.15, 0.2) is 0 Å². The molecule has 2 aromatic carbocycles. The van der Waals surface area contributed by atoms with E-state index < -0.39 is 0 Å². The van der Waals surface area contributed by atoms with Gasteiger partial charge in [0.2, 0.25) is 0 Å². The summed E-state index contributed by atoms with van der Waals surface area (Å²) in [5.41, 5.74) is 1.78. The quantitative estimate of drug-likeness (QED) is 0.783. The highest BCUT2D eigenvalue weighted by Crippen LogP contribution is 2.35. The van der Waals surface area contributed by atoms with Gasteiger partial charge in [-0.1, -0.05) is 6.07 Å². The zero-order valence-corrected chi connectivity index (χ0v) is 12.0. The summed E-state index contributed by atoms with van der Waals surface area (Å²) in [7, 11) is 1.51. The van der Waals surface area contributed by atoms with Gasteiger partial charge in [-0.15, -0.1) is 11.3 Å². The molecule has 0 aliphatic rings. The van der Waals surface area contributed by atoms with Gasteiger partial charge in [0, 0.05) is 10.9 Å². The SMILES string of the molecule is COc1cccc(F)c1-c1csc(-c2ccc(O)cc2)n1. The van der Waals surface area contributed by atoms with Gasteiger partial charge in [-0.25, -0.2) is 9.37 Å². The molecule has 0 radical (unpaired) electrons. The number of benzene rings is 2. The fraction of sp³-hybridized carbons (Fsp3) is 0.0625. The number of halogens is 1. The first-order chi connectivity index (χ1) is 10.2. The van der Waals surface area contributed by atoms with Crippen LogP contribution < -0.4 is 4.74 Å². The molecule has 5 heteroatoms. The molecule has 21 heavy (non-hydrogen) atoms. The van der Waals surface area contributed by atoms with Crippen molar-refractivity contribution in [2.75, 3.05) is 7.11 Å². The summed E-state index contributed by atoms with van der Waals surface area (Å²) in [4.78, 5) is 4.47. The molecule has 3 rings (SSSR count). The van der Waals surface area contributed by atoms with E-state index in [1.54, 1.807) is 41.8 Å².